The van der Waals surface area contributed by atoms with Crippen LogP contribution in [0.1, 0.15) is 15.9 Å². The molecule has 1 amide bonds. The monoisotopic (exact) mass is 349 g/mol. The van der Waals surface area contributed by atoms with Gasteiger partial charge in [0, 0.05) is 17.6 Å². The van der Waals surface area contributed by atoms with Gasteiger partial charge in [-0.05, 0) is 29.8 Å². The summed E-state index contributed by atoms with van der Waals surface area (Å²) >= 11 is 5.79. The van der Waals surface area contributed by atoms with Gasteiger partial charge in [-0.15, -0.1) is 0 Å². The number of hydrogen-bond donors (Lipinski definition) is 2. The average Bonchev–Trinajstić information content (AvgIpc) is 2.59. The number of rotatable bonds is 7. The first-order valence-corrected chi connectivity index (χ1v) is 7.42. The normalized spacial score (nSPS) is 10.1. The number of ether oxygens (including phenoxy) is 2. The number of carboxylic acids is 1. The molecule has 0 unspecified atom stereocenters. The highest BCUT2D eigenvalue weighted by atomic mass is 35.5. The van der Waals surface area contributed by atoms with Crippen molar-refractivity contribution in [3.63, 3.8) is 0 Å². The number of hydrogen-bond acceptors (Lipinski definition) is 4. The number of nitrogens with one attached hydrogen (secondary N) is 1. The van der Waals surface area contributed by atoms with E-state index in [0.717, 1.165) is 5.56 Å². The van der Waals surface area contributed by atoms with Crippen molar-refractivity contribution in [3.05, 3.63) is 58.6 Å². The van der Waals surface area contributed by atoms with E-state index in [9.17, 15) is 9.59 Å². The fourth-order valence-corrected chi connectivity index (χ4v) is 2.05. The van der Waals surface area contributed by atoms with Crippen molar-refractivity contribution in [2.75, 3.05) is 13.7 Å². The van der Waals surface area contributed by atoms with Crippen molar-refractivity contribution in [3.8, 4) is 11.5 Å². The van der Waals surface area contributed by atoms with E-state index in [0.29, 0.717) is 17.3 Å². The number of benzene rings is 2. The zero-order valence-electron chi connectivity index (χ0n) is 12.9. The molecule has 0 aliphatic rings. The molecule has 0 saturated carbocycles. The van der Waals surface area contributed by atoms with Gasteiger partial charge in [-0.3, -0.25) is 4.79 Å². The van der Waals surface area contributed by atoms with Gasteiger partial charge in [0.15, 0.2) is 6.61 Å². The molecule has 126 valence electrons. The Morgan fingerprint density at radius 2 is 1.88 bits per heavy atom. The van der Waals surface area contributed by atoms with Crippen molar-refractivity contribution in [2.45, 2.75) is 6.54 Å². The van der Waals surface area contributed by atoms with Crippen LogP contribution in [-0.4, -0.2) is 30.7 Å². The van der Waals surface area contributed by atoms with Gasteiger partial charge < -0.3 is 19.9 Å². The van der Waals surface area contributed by atoms with Gasteiger partial charge in [-0.25, -0.2) is 4.79 Å². The Morgan fingerprint density at radius 3 is 2.50 bits per heavy atom. The molecule has 2 N–H and O–H groups in total. The van der Waals surface area contributed by atoms with Gasteiger partial charge in [0.25, 0.3) is 5.91 Å². The van der Waals surface area contributed by atoms with Crippen LogP contribution in [0.25, 0.3) is 0 Å². The lowest BCUT2D eigenvalue weighted by Crippen LogP contribution is -2.28. The van der Waals surface area contributed by atoms with Crippen LogP contribution < -0.4 is 14.8 Å². The van der Waals surface area contributed by atoms with Gasteiger partial charge in [0.1, 0.15) is 17.1 Å². The summed E-state index contributed by atoms with van der Waals surface area (Å²) in [6.45, 7) is 0.0182. The summed E-state index contributed by atoms with van der Waals surface area (Å²) in [5.74, 6) is -1.00. The summed E-state index contributed by atoms with van der Waals surface area (Å²) in [4.78, 5) is 23.0. The Morgan fingerprint density at radius 1 is 1.17 bits per heavy atom. The van der Waals surface area contributed by atoms with Crippen LogP contribution in [0, 0.1) is 0 Å². The Hall–Kier alpha value is -2.73. The Kier molecular flexibility index (Phi) is 6.03. The first-order chi connectivity index (χ1) is 11.5. The second kappa shape index (κ2) is 8.21. The summed E-state index contributed by atoms with van der Waals surface area (Å²) in [7, 11) is 1.46. The lowest BCUT2D eigenvalue weighted by molar-refractivity contribution is -0.123. The quantitative estimate of drug-likeness (QED) is 0.802. The van der Waals surface area contributed by atoms with Crippen LogP contribution in [-0.2, 0) is 11.3 Å². The third-order valence-corrected chi connectivity index (χ3v) is 3.43. The zero-order chi connectivity index (χ0) is 17.5. The van der Waals surface area contributed by atoms with Gasteiger partial charge in [-0.1, -0.05) is 23.7 Å². The van der Waals surface area contributed by atoms with Crippen molar-refractivity contribution >= 4 is 23.5 Å². The van der Waals surface area contributed by atoms with Crippen molar-refractivity contribution in [1.82, 2.24) is 5.32 Å². The number of carboxylic acid groups (broad SMARTS) is 1. The van der Waals surface area contributed by atoms with E-state index in [1.807, 2.05) is 0 Å². The molecule has 7 heteroatoms. The maximum atomic E-state index is 11.9. The molecule has 0 heterocycles. The highest BCUT2D eigenvalue weighted by Gasteiger charge is 2.14. The molecule has 0 aromatic heterocycles. The van der Waals surface area contributed by atoms with Gasteiger partial charge in [0.05, 0.1) is 7.11 Å². The summed E-state index contributed by atoms with van der Waals surface area (Å²) < 4.78 is 10.3. The SMILES string of the molecule is COc1ccc(C(=O)O)c(OCC(=O)NCc2ccc(Cl)cc2)c1. The van der Waals surface area contributed by atoms with Crippen molar-refractivity contribution in [1.29, 1.82) is 0 Å². The molecular weight excluding hydrogens is 334 g/mol. The van der Waals surface area contributed by atoms with E-state index in [-0.39, 0.29) is 23.8 Å². The topological polar surface area (TPSA) is 84.9 Å². The molecule has 0 bridgehead atoms. The van der Waals surface area contributed by atoms with Crippen LogP contribution in [0.15, 0.2) is 42.5 Å². The molecule has 2 aromatic carbocycles. The van der Waals surface area contributed by atoms with Crippen molar-refractivity contribution < 1.29 is 24.2 Å². The molecule has 2 rings (SSSR count). The maximum absolute atomic E-state index is 11.9. The van der Waals surface area contributed by atoms with E-state index in [2.05, 4.69) is 5.32 Å². The molecule has 2 aromatic rings. The zero-order valence-corrected chi connectivity index (χ0v) is 13.7. The van der Waals surface area contributed by atoms with Crippen LogP contribution in [0.2, 0.25) is 5.02 Å². The van der Waals surface area contributed by atoms with Gasteiger partial charge in [0.2, 0.25) is 0 Å². The summed E-state index contributed by atoms with van der Waals surface area (Å²) in [6.07, 6.45) is 0. The Balaban J connectivity index is 1.93. The summed E-state index contributed by atoms with van der Waals surface area (Å²) in [5, 5.41) is 12.4. The minimum absolute atomic E-state index is 0.0405. The highest BCUT2D eigenvalue weighted by Crippen LogP contribution is 2.24. The van der Waals surface area contributed by atoms with E-state index in [1.165, 1.54) is 25.3 Å². The number of methoxy groups -OCH3 is 1. The van der Waals surface area contributed by atoms with Crippen LogP contribution in [0.4, 0.5) is 0 Å². The Labute approximate surface area is 144 Å². The number of amides is 1. The highest BCUT2D eigenvalue weighted by molar-refractivity contribution is 6.30. The first-order valence-electron chi connectivity index (χ1n) is 7.05. The molecule has 0 radical (unpaired) electrons. The lowest BCUT2D eigenvalue weighted by Gasteiger charge is -2.11. The van der Waals surface area contributed by atoms with Crippen molar-refractivity contribution in [2.24, 2.45) is 0 Å². The van der Waals surface area contributed by atoms with Crippen LogP contribution in [0.3, 0.4) is 0 Å². The molecule has 0 atom stereocenters. The molecule has 0 fully saturated rings. The molecule has 6 nitrogen and oxygen atoms in total. The number of halogens is 1. The second-order valence-corrected chi connectivity index (χ2v) is 5.30. The summed E-state index contributed by atoms with van der Waals surface area (Å²) in [5.41, 5.74) is 0.849. The second-order valence-electron chi connectivity index (χ2n) is 4.86. The number of carbonyl (C=O) groups excluding carboxylic acids is 1. The minimum atomic E-state index is -1.14. The first kappa shape index (κ1) is 17.6. The number of carbonyl (C=O) groups is 2. The minimum Gasteiger partial charge on any atom is -0.497 e. The molecule has 24 heavy (non-hydrogen) atoms. The Bertz CT molecular complexity index is 730. The summed E-state index contributed by atoms with van der Waals surface area (Å²) in [6, 6.07) is 11.4. The lowest BCUT2D eigenvalue weighted by atomic mass is 10.2. The van der Waals surface area contributed by atoms with Gasteiger partial charge >= 0.3 is 5.97 Å². The fraction of sp³-hybridized carbons (Fsp3) is 0.176. The van der Waals surface area contributed by atoms with E-state index in [4.69, 9.17) is 26.2 Å². The smallest absolute Gasteiger partial charge is 0.339 e. The van der Waals surface area contributed by atoms with E-state index < -0.39 is 5.97 Å². The maximum Gasteiger partial charge on any atom is 0.339 e. The predicted octanol–water partition coefficient (Wildman–Crippen LogP) is 2.74. The molecule has 0 saturated heterocycles. The largest absolute Gasteiger partial charge is 0.497 e. The standard InChI is InChI=1S/C17H16ClNO5/c1-23-13-6-7-14(17(21)22)15(8-13)24-10-16(20)19-9-11-2-4-12(18)5-3-11/h2-8H,9-10H2,1H3,(H,19,20)(H,21,22). The van der Waals surface area contributed by atoms with Crippen LogP contribution in [0.5, 0.6) is 11.5 Å². The fourth-order valence-electron chi connectivity index (χ4n) is 1.92. The average molecular weight is 350 g/mol. The molecule has 0 spiro atoms. The number of aromatic carboxylic acids is 1. The van der Waals surface area contributed by atoms with E-state index in [1.54, 1.807) is 24.3 Å². The van der Waals surface area contributed by atoms with E-state index >= 15 is 0 Å². The molecule has 0 aliphatic carbocycles. The van der Waals surface area contributed by atoms with Gasteiger partial charge in [-0.2, -0.15) is 0 Å². The molecule has 0 aliphatic heterocycles. The third kappa shape index (κ3) is 4.89. The third-order valence-electron chi connectivity index (χ3n) is 3.18. The molecular formula is C17H16ClNO5. The van der Waals surface area contributed by atoms with Crippen LogP contribution >= 0.6 is 11.6 Å². The predicted molar refractivity (Wildman–Crippen MR) is 88.7 cm³/mol.